The summed E-state index contributed by atoms with van der Waals surface area (Å²) in [7, 11) is 0. The number of amides is 1. The maximum absolute atomic E-state index is 12.7. The Morgan fingerprint density at radius 2 is 1.67 bits per heavy atom. The average Bonchev–Trinajstić information content (AvgIpc) is 2.53. The van der Waals surface area contributed by atoms with Crippen LogP contribution in [0.1, 0.15) is 43.5 Å². The van der Waals surface area contributed by atoms with Gasteiger partial charge in [0.05, 0.1) is 6.04 Å². The minimum absolute atomic E-state index is 0. The fraction of sp³-hybridized carbons (Fsp3) is 0.350. The van der Waals surface area contributed by atoms with E-state index in [-0.39, 0.29) is 25.6 Å². The number of carbonyl (C=O) groups excluding carboxylic acids is 1. The van der Waals surface area contributed by atoms with Crippen molar-refractivity contribution in [1.29, 1.82) is 0 Å². The van der Waals surface area contributed by atoms with Gasteiger partial charge in [0.25, 0.3) is 0 Å². The summed E-state index contributed by atoms with van der Waals surface area (Å²) < 4.78 is 5.63. The Labute approximate surface area is 151 Å². The summed E-state index contributed by atoms with van der Waals surface area (Å²) in [6, 6.07) is 18.4. The van der Waals surface area contributed by atoms with Gasteiger partial charge in [-0.1, -0.05) is 54.6 Å². The molecule has 128 valence electrons. The predicted molar refractivity (Wildman–Crippen MR) is 102 cm³/mol. The van der Waals surface area contributed by atoms with Crippen LogP contribution < -0.4 is 0 Å². The first-order valence-corrected chi connectivity index (χ1v) is 8.08. The molecule has 1 heterocycles. The molecule has 2 aromatic carbocycles. The fourth-order valence-electron chi connectivity index (χ4n) is 3.08. The second-order valence-corrected chi connectivity index (χ2v) is 6.94. The summed E-state index contributed by atoms with van der Waals surface area (Å²) in [4.78, 5) is 14.6. The maximum atomic E-state index is 12.7. The van der Waals surface area contributed by atoms with Crippen molar-refractivity contribution in [2.75, 3.05) is 6.54 Å². The zero-order valence-electron chi connectivity index (χ0n) is 14.5. The quantitative estimate of drug-likeness (QED) is 0.752. The minimum Gasteiger partial charge on any atom is -0.444 e. The number of hydrogen-bond donors (Lipinski definition) is 0. The smallest absolute Gasteiger partial charge is 0.411 e. The maximum Gasteiger partial charge on any atom is 0.411 e. The van der Waals surface area contributed by atoms with E-state index in [0.29, 0.717) is 6.54 Å². The first-order chi connectivity index (χ1) is 11.0. The molecule has 0 unspecified atom stereocenters. The van der Waals surface area contributed by atoms with Crippen LogP contribution in [-0.2, 0) is 11.2 Å². The molecule has 1 amide bonds. The number of nitrogens with zero attached hydrogens (tertiary/aromatic N) is 1. The summed E-state index contributed by atoms with van der Waals surface area (Å²) in [6.07, 6.45) is 0.611. The number of hydrogen-bond acceptors (Lipinski definition) is 2. The molecule has 3 nitrogen and oxygen atoms in total. The van der Waals surface area contributed by atoms with Crippen molar-refractivity contribution in [2.45, 2.75) is 38.8 Å². The van der Waals surface area contributed by atoms with Gasteiger partial charge in [0.1, 0.15) is 5.60 Å². The highest BCUT2D eigenvalue weighted by molar-refractivity contribution is 7.59. The lowest BCUT2D eigenvalue weighted by atomic mass is 9.88. The highest BCUT2D eigenvalue weighted by atomic mass is 32.1. The first kappa shape index (κ1) is 18.4. The minimum atomic E-state index is -0.491. The van der Waals surface area contributed by atoms with E-state index in [1.165, 1.54) is 11.1 Å². The van der Waals surface area contributed by atoms with Crippen LogP contribution in [-0.4, -0.2) is 23.1 Å². The molecule has 0 bridgehead atoms. The Morgan fingerprint density at radius 1 is 1.04 bits per heavy atom. The largest absolute Gasteiger partial charge is 0.444 e. The molecule has 0 fully saturated rings. The molecule has 1 aliphatic heterocycles. The van der Waals surface area contributed by atoms with Gasteiger partial charge in [-0.3, -0.25) is 4.90 Å². The Bertz CT molecular complexity index is 694. The molecule has 0 aromatic heterocycles. The van der Waals surface area contributed by atoms with Crippen LogP contribution in [0.25, 0.3) is 0 Å². The highest BCUT2D eigenvalue weighted by Gasteiger charge is 2.34. The molecular weight excluding hydrogens is 318 g/mol. The Balaban J connectivity index is 0.00000208. The third-order valence-corrected chi connectivity index (χ3v) is 4.03. The van der Waals surface area contributed by atoms with Crippen molar-refractivity contribution >= 4 is 19.6 Å². The highest BCUT2D eigenvalue weighted by Crippen LogP contribution is 2.35. The molecular formula is C20H25NO2S. The van der Waals surface area contributed by atoms with E-state index in [1.807, 2.05) is 49.9 Å². The van der Waals surface area contributed by atoms with Crippen LogP contribution in [0, 0.1) is 0 Å². The van der Waals surface area contributed by atoms with Crippen LogP contribution in [0.15, 0.2) is 54.6 Å². The van der Waals surface area contributed by atoms with Crippen LogP contribution in [0.3, 0.4) is 0 Å². The van der Waals surface area contributed by atoms with Crippen LogP contribution in [0.2, 0.25) is 0 Å². The molecule has 1 atom stereocenters. The number of rotatable bonds is 1. The van der Waals surface area contributed by atoms with Gasteiger partial charge in [-0.25, -0.2) is 4.79 Å². The lowest BCUT2D eigenvalue weighted by Gasteiger charge is -2.38. The SMILES string of the molecule is CC(C)(C)OC(=O)N1CCc2ccccc2[C@@H]1c1ccccc1.S. The Hall–Kier alpha value is -1.94. The molecule has 0 saturated heterocycles. The molecule has 0 aliphatic carbocycles. The van der Waals surface area contributed by atoms with Crippen molar-refractivity contribution in [3.63, 3.8) is 0 Å². The molecule has 3 rings (SSSR count). The summed E-state index contributed by atoms with van der Waals surface area (Å²) in [5, 5.41) is 0. The van der Waals surface area contributed by atoms with E-state index >= 15 is 0 Å². The van der Waals surface area contributed by atoms with Gasteiger partial charge in [0.15, 0.2) is 0 Å². The van der Waals surface area contributed by atoms with Crippen LogP contribution >= 0.6 is 13.5 Å². The average molecular weight is 343 g/mol. The van der Waals surface area contributed by atoms with Gasteiger partial charge < -0.3 is 4.74 Å². The van der Waals surface area contributed by atoms with E-state index in [1.54, 1.807) is 0 Å². The standard InChI is InChI=1S/C20H23NO2.H2S/c1-20(2,3)23-19(22)21-14-13-15-9-7-8-12-17(15)18(21)16-10-5-4-6-11-16;/h4-12,18H,13-14H2,1-3H3;1H2/t18-;/m0./s1. The molecule has 0 N–H and O–H groups in total. The first-order valence-electron chi connectivity index (χ1n) is 8.08. The van der Waals surface area contributed by atoms with E-state index in [0.717, 1.165) is 12.0 Å². The normalized spacial score (nSPS) is 16.8. The summed E-state index contributed by atoms with van der Waals surface area (Å²) in [5.74, 6) is 0. The fourth-order valence-corrected chi connectivity index (χ4v) is 3.08. The summed E-state index contributed by atoms with van der Waals surface area (Å²) in [6.45, 7) is 6.38. The Kier molecular flexibility index (Phi) is 5.60. The third kappa shape index (κ3) is 3.93. The molecule has 0 saturated carbocycles. The lowest BCUT2D eigenvalue weighted by molar-refractivity contribution is 0.0178. The topological polar surface area (TPSA) is 29.5 Å². The van der Waals surface area contributed by atoms with Gasteiger partial charge >= 0.3 is 6.09 Å². The lowest BCUT2D eigenvalue weighted by Crippen LogP contribution is -2.43. The monoisotopic (exact) mass is 343 g/mol. The number of fused-ring (bicyclic) bond motifs is 1. The molecule has 0 spiro atoms. The van der Waals surface area contributed by atoms with Crippen molar-refractivity contribution in [1.82, 2.24) is 4.90 Å². The van der Waals surface area contributed by atoms with Gasteiger partial charge in [0.2, 0.25) is 0 Å². The Morgan fingerprint density at radius 3 is 2.33 bits per heavy atom. The van der Waals surface area contributed by atoms with Crippen molar-refractivity contribution < 1.29 is 9.53 Å². The summed E-state index contributed by atoms with van der Waals surface area (Å²) in [5.41, 5.74) is 3.12. The van der Waals surface area contributed by atoms with E-state index < -0.39 is 5.60 Å². The molecule has 0 radical (unpaired) electrons. The molecule has 4 heteroatoms. The predicted octanol–water partition coefficient (Wildman–Crippen LogP) is 4.68. The number of benzene rings is 2. The zero-order chi connectivity index (χ0) is 16.4. The zero-order valence-corrected chi connectivity index (χ0v) is 15.5. The van der Waals surface area contributed by atoms with Gasteiger partial charge in [-0.05, 0) is 43.9 Å². The van der Waals surface area contributed by atoms with Gasteiger partial charge in [0, 0.05) is 6.54 Å². The van der Waals surface area contributed by atoms with E-state index in [4.69, 9.17) is 4.74 Å². The second-order valence-electron chi connectivity index (χ2n) is 6.94. The number of carbonyl (C=O) groups is 1. The second kappa shape index (κ2) is 7.31. The van der Waals surface area contributed by atoms with Crippen molar-refractivity contribution in [2.24, 2.45) is 0 Å². The van der Waals surface area contributed by atoms with Crippen molar-refractivity contribution in [3.8, 4) is 0 Å². The van der Waals surface area contributed by atoms with Crippen molar-refractivity contribution in [3.05, 3.63) is 71.3 Å². The number of ether oxygens (including phenoxy) is 1. The third-order valence-electron chi connectivity index (χ3n) is 4.03. The molecule has 2 aromatic rings. The van der Waals surface area contributed by atoms with E-state index in [2.05, 4.69) is 30.3 Å². The van der Waals surface area contributed by atoms with Crippen LogP contribution in [0.5, 0.6) is 0 Å². The molecule has 24 heavy (non-hydrogen) atoms. The summed E-state index contributed by atoms with van der Waals surface area (Å²) >= 11 is 0. The van der Waals surface area contributed by atoms with Gasteiger partial charge in [-0.15, -0.1) is 0 Å². The van der Waals surface area contributed by atoms with Crippen LogP contribution in [0.4, 0.5) is 4.79 Å². The molecule has 1 aliphatic rings. The van der Waals surface area contributed by atoms with E-state index in [9.17, 15) is 4.79 Å². The van der Waals surface area contributed by atoms with Gasteiger partial charge in [-0.2, -0.15) is 13.5 Å².